The van der Waals surface area contributed by atoms with Gasteiger partial charge >= 0.3 is 0 Å². The largest absolute Gasteiger partial charge is 0.355 e. The molecule has 8 heteroatoms. The van der Waals surface area contributed by atoms with Gasteiger partial charge in [-0.25, -0.2) is 0 Å². The molecule has 0 radical (unpaired) electrons. The number of hydrogen-bond acceptors (Lipinski definition) is 7. The molecule has 23 heavy (non-hydrogen) atoms. The first kappa shape index (κ1) is 15.7. The number of nitrogens with one attached hydrogen (secondary N) is 1. The van der Waals surface area contributed by atoms with Crippen LogP contribution in [0.3, 0.4) is 0 Å². The predicted octanol–water partition coefficient (Wildman–Crippen LogP) is 3.87. The zero-order valence-electron chi connectivity index (χ0n) is 12.6. The van der Waals surface area contributed by atoms with Crippen LogP contribution >= 0.6 is 23.1 Å². The van der Waals surface area contributed by atoms with E-state index in [1.807, 2.05) is 37.3 Å². The van der Waals surface area contributed by atoms with Gasteiger partial charge in [-0.3, -0.25) is 10.1 Å². The summed E-state index contributed by atoms with van der Waals surface area (Å²) in [5.41, 5.74) is 1.75. The van der Waals surface area contributed by atoms with Crippen molar-refractivity contribution in [3.63, 3.8) is 0 Å². The van der Waals surface area contributed by atoms with Crippen molar-refractivity contribution in [1.29, 1.82) is 0 Å². The van der Waals surface area contributed by atoms with Gasteiger partial charge in [0.25, 0.3) is 5.91 Å². The molecule has 0 spiro atoms. The van der Waals surface area contributed by atoms with Crippen molar-refractivity contribution >= 4 is 34.1 Å². The molecule has 6 nitrogen and oxygen atoms in total. The first-order valence-corrected chi connectivity index (χ1v) is 8.78. The van der Waals surface area contributed by atoms with E-state index in [0.717, 1.165) is 15.7 Å². The quantitative estimate of drug-likeness (QED) is 0.558. The molecule has 2 heterocycles. The van der Waals surface area contributed by atoms with Crippen molar-refractivity contribution in [2.75, 3.05) is 11.1 Å². The van der Waals surface area contributed by atoms with Crippen LogP contribution in [-0.4, -0.2) is 27.0 Å². The molecular formula is C15H14N4O2S2. The molecule has 0 atom stereocenters. The number of nitrogens with zero attached hydrogens (tertiary/aromatic N) is 3. The summed E-state index contributed by atoms with van der Waals surface area (Å²) in [6.07, 6.45) is 0. The average molecular weight is 346 g/mol. The lowest BCUT2D eigenvalue weighted by molar-refractivity contribution is 0.102. The van der Waals surface area contributed by atoms with Gasteiger partial charge in [0.05, 0.1) is 5.69 Å². The number of carbonyl (C=O) groups is 1. The van der Waals surface area contributed by atoms with Gasteiger partial charge in [-0.15, -0.1) is 10.2 Å². The van der Waals surface area contributed by atoms with Crippen molar-refractivity contribution in [3.8, 4) is 11.3 Å². The van der Waals surface area contributed by atoms with E-state index in [0.29, 0.717) is 22.1 Å². The topological polar surface area (TPSA) is 80.9 Å². The van der Waals surface area contributed by atoms with Crippen molar-refractivity contribution < 1.29 is 9.32 Å². The summed E-state index contributed by atoms with van der Waals surface area (Å²) < 4.78 is 6.16. The van der Waals surface area contributed by atoms with Gasteiger partial charge in [-0.2, -0.15) is 0 Å². The molecule has 1 amide bonds. The summed E-state index contributed by atoms with van der Waals surface area (Å²) in [6, 6.07) is 9.41. The van der Waals surface area contributed by atoms with Crippen LogP contribution in [-0.2, 0) is 0 Å². The minimum atomic E-state index is -0.299. The van der Waals surface area contributed by atoms with Gasteiger partial charge in [-0.05, 0) is 12.7 Å². The van der Waals surface area contributed by atoms with Crippen molar-refractivity contribution in [2.24, 2.45) is 0 Å². The molecule has 0 aliphatic rings. The number of aromatic nitrogens is 3. The Morgan fingerprint density at radius 1 is 1.30 bits per heavy atom. The average Bonchev–Trinajstić information content (AvgIpc) is 3.15. The maximum atomic E-state index is 12.6. The molecular weight excluding hydrogens is 332 g/mol. The highest BCUT2D eigenvalue weighted by atomic mass is 32.2. The smallest absolute Gasteiger partial charge is 0.263 e. The van der Waals surface area contributed by atoms with Gasteiger partial charge in [0.1, 0.15) is 5.56 Å². The van der Waals surface area contributed by atoms with E-state index in [4.69, 9.17) is 4.52 Å². The first-order chi connectivity index (χ1) is 11.2. The second-order valence-corrected chi connectivity index (χ2v) is 7.09. The Kier molecular flexibility index (Phi) is 4.73. The third kappa shape index (κ3) is 3.43. The molecule has 0 unspecified atom stereocenters. The second kappa shape index (κ2) is 6.93. The summed E-state index contributed by atoms with van der Waals surface area (Å²) in [5.74, 6) is 1.06. The number of thioether (sulfide) groups is 1. The second-order valence-electron chi connectivity index (χ2n) is 4.60. The number of rotatable bonds is 5. The minimum Gasteiger partial charge on any atom is -0.355 e. The zero-order chi connectivity index (χ0) is 16.2. The number of anilines is 1. The Balaban J connectivity index is 1.86. The van der Waals surface area contributed by atoms with E-state index in [-0.39, 0.29) is 5.91 Å². The van der Waals surface area contributed by atoms with Crippen molar-refractivity contribution in [2.45, 2.75) is 18.2 Å². The van der Waals surface area contributed by atoms with Gasteiger partial charge in [0, 0.05) is 5.56 Å². The summed E-state index contributed by atoms with van der Waals surface area (Å²) in [4.78, 5) is 12.6. The standard InChI is InChI=1S/C15H14N4O2S2/c1-3-22-15-18-17-14(23-15)16-13(20)11-9(2)19-21-12(11)10-7-5-4-6-8-10/h4-8H,3H2,1-2H3,(H,16,17,20). The summed E-state index contributed by atoms with van der Waals surface area (Å²) in [5, 5.41) is 15.2. The van der Waals surface area contributed by atoms with E-state index >= 15 is 0 Å². The number of benzene rings is 1. The normalized spacial score (nSPS) is 10.7. The zero-order valence-corrected chi connectivity index (χ0v) is 14.2. The molecule has 0 fully saturated rings. The van der Waals surface area contributed by atoms with E-state index in [2.05, 4.69) is 20.7 Å². The fourth-order valence-corrected chi connectivity index (χ4v) is 3.67. The van der Waals surface area contributed by atoms with Crippen LogP contribution in [0.15, 0.2) is 39.2 Å². The van der Waals surface area contributed by atoms with E-state index in [9.17, 15) is 4.79 Å². The van der Waals surface area contributed by atoms with Crippen LogP contribution in [0.2, 0.25) is 0 Å². The van der Waals surface area contributed by atoms with Crippen LogP contribution < -0.4 is 5.32 Å². The third-order valence-corrected chi connectivity index (χ3v) is 4.87. The van der Waals surface area contributed by atoms with E-state index < -0.39 is 0 Å². The highest BCUT2D eigenvalue weighted by Crippen LogP contribution is 2.29. The van der Waals surface area contributed by atoms with Crippen LogP contribution in [0.4, 0.5) is 5.13 Å². The predicted molar refractivity (Wildman–Crippen MR) is 90.9 cm³/mol. The number of amides is 1. The van der Waals surface area contributed by atoms with Crippen LogP contribution in [0.5, 0.6) is 0 Å². The number of hydrogen-bond donors (Lipinski definition) is 1. The molecule has 0 saturated carbocycles. The SMILES string of the molecule is CCSc1nnc(NC(=O)c2c(C)noc2-c2ccccc2)s1. The Hall–Kier alpha value is -2.19. The lowest BCUT2D eigenvalue weighted by atomic mass is 10.1. The molecule has 118 valence electrons. The lowest BCUT2D eigenvalue weighted by Gasteiger charge is -2.02. The van der Waals surface area contributed by atoms with Gasteiger partial charge in [-0.1, -0.05) is 65.5 Å². The van der Waals surface area contributed by atoms with Gasteiger partial charge in [0.15, 0.2) is 10.1 Å². The van der Waals surface area contributed by atoms with E-state index in [1.54, 1.807) is 18.7 Å². The molecule has 0 aliphatic heterocycles. The van der Waals surface area contributed by atoms with Gasteiger partial charge < -0.3 is 4.52 Å². The van der Waals surface area contributed by atoms with Crippen molar-refractivity contribution in [3.05, 3.63) is 41.6 Å². The molecule has 0 bridgehead atoms. The Labute approximate surface area is 141 Å². The Morgan fingerprint density at radius 3 is 2.83 bits per heavy atom. The molecule has 3 aromatic rings. The summed E-state index contributed by atoms with van der Waals surface area (Å²) >= 11 is 2.93. The lowest BCUT2D eigenvalue weighted by Crippen LogP contribution is -2.13. The molecule has 1 aromatic carbocycles. The molecule has 2 aromatic heterocycles. The number of carbonyl (C=O) groups excluding carboxylic acids is 1. The molecule has 0 aliphatic carbocycles. The Morgan fingerprint density at radius 2 is 2.09 bits per heavy atom. The first-order valence-electron chi connectivity index (χ1n) is 6.98. The monoisotopic (exact) mass is 346 g/mol. The minimum absolute atomic E-state index is 0.299. The fourth-order valence-electron chi connectivity index (χ4n) is 2.03. The molecule has 0 saturated heterocycles. The highest BCUT2D eigenvalue weighted by Gasteiger charge is 2.22. The number of aryl methyl sites for hydroxylation is 1. The maximum Gasteiger partial charge on any atom is 0.263 e. The fraction of sp³-hybridized carbons (Fsp3) is 0.200. The molecule has 3 rings (SSSR count). The van der Waals surface area contributed by atoms with Crippen molar-refractivity contribution in [1.82, 2.24) is 15.4 Å². The summed E-state index contributed by atoms with van der Waals surface area (Å²) in [7, 11) is 0. The van der Waals surface area contributed by atoms with Crippen LogP contribution in [0.25, 0.3) is 11.3 Å². The maximum absolute atomic E-state index is 12.6. The van der Waals surface area contributed by atoms with Gasteiger partial charge in [0.2, 0.25) is 5.13 Å². The third-order valence-electron chi connectivity index (χ3n) is 3.02. The van der Waals surface area contributed by atoms with E-state index in [1.165, 1.54) is 11.3 Å². The Bertz CT molecular complexity index is 814. The van der Waals surface area contributed by atoms with Crippen LogP contribution in [0.1, 0.15) is 23.0 Å². The van der Waals surface area contributed by atoms with Crippen LogP contribution in [0, 0.1) is 6.92 Å². The summed E-state index contributed by atoms with van der Waals surface area (Å²) in [6.45, 7) is 3.78. The highest BCUT2D eigenvalue weighted by molar-refractivity contribution is 8.01. The molecule has 1 N–H and O–H groups in total.